The predicted octanol–water partition coefficient (Wildman–Crippen LogP) is 3.93. The Morgan fingerprint density at radius 2 is 1.79 bits per heavy atom. The Morgan fingerprint density at radius 3 is 2.44 bits per heavy atom. The molecule has 1 aliphatic carbocycles. The number of hydrogen-bond donors (Lipinski definition) is 2. The van der Waals surface area contributed by atoms with Crippen molar-refractivity contribution >= 4 is 27.7 Å². The molecule has 1 aliphatic rings. The van der Waals surface area contributed by atoms with E-state index < -0.39 is 10.0 Å². The molecule has 0 saturated heterocycles. The molecule has 1 amide bonds. The molecule has 2 aromatic carbocycles. The van der Waals surface area contributed by atoms with Crippen LogP contribution >= 0.6 is 11.8 Å². The molecule has 180 valence electrons. The second-order valence-electron chi connectivity index (χ2n) is 8.53. The fraction of sp³-hybridized carbons (Fsp3) is 0.375. The lowest BCUT2D eigenvalue weighted by molar-refractivity contribution is -0.119. The quantitative estimate of drug-likeness (QED) is 0.453. The Bertz CT molecular complexity index is 1220. The zero-order valence-electron chi connectivity index (χ0n) is 19.1. The minimum absolute atomic E-state index is 0.0409. The van der Waals surface area contributed by atoms with E-state index in [1.807, 2.05) is 41.9 Å². The van der Waals surface area contributed by atoms with Crippen molar-refractivity contribution in [3.8, 4) is 5.69 Å². The van der Waals surface area contributed by atoms with Crippen LogP contribution in [0.4, 0.5) is 0 Å². The van der Waals surface area contributed by atoms with Crippen molar-refractivity contribution < 1.29 is 13.2 Å². The highest BCUT2D eigenvalue weighted by Crippen LogP contribution is 2.33. The van der Waals surface area contributed by atoms with Crippen LogP contribution in [0.1, 0.15) is 62.4 Å². The molecule has 4 rings (SSSR count). The molecule has 1 saturated carbocycles. The number of hydrogen-bond acceptors (Lipinski definition) is 6. The number of rotatable bonds is 8. The van der Waals surface area contributed by atoms with Crippen LogP contribution in [0.3, 0.4) is 0 Å². The summed E-state index contributed by atoms with van der Waals surface area (Å²) in [4.78, 5) is 17.4. The Kier molecular flexibility index (Phi) is 7.70. The van der Waals surface area contributed by atoms with E-state index in [0.29, 0.717) is 11.1 Å². The SMILES string of the molecule is CC(NC(=O)CSc1nc(C2CCCCC2)n(-c2ccccc2)n1)c1ccc(S(N)(=O)=O)cc1. The average molecular weight is 500 g/mol. The molecule has 1 atom stereocenters. The highest BCUT2D eigenvalue weighted by Gasteiger charge is 2.24. The van der Waals surface area contributed by atoms with Crippen LogP contribution in [0.25, 0.3) is 5.69 Å². The van der Waals surface area contributed by atoms with E-state index in [1.165, 1.54) is 43.2 Å². The smallest absolute Gasteiger partial charge is 0.238 e. The highest BCUT2D eigenvalue weighted by atomic mass is 32.2. The minimum atomic E-state index is -3.74. The summed E-state index contributed by atoms with van der Waals surface area (Å²) < 4.78 is 24.8. The third-order valence-corrected chi connectivity index (χ3v) is 7.77. The standard InChI is InChI=1S/C24H29N5O3S2/c1-17(18-12-14-21(15-13-18)34(25,31)32)26-22(30)16-33-24-27-23(19-8-4-2-5-9-19)29(28-24)20-10-6-3-7-11-20/h3,6-7,10-15,17,19H,2,4-5,8-9,16H2,1H3,(H,26,30)(H2,25,31,32). The number of nitrogens with one attached hydrogen (secondary N) is 1. The number of thioether (sulfide) groups is 1. The highest BCUT2D eigenvalue weighted by molar-refractivity contribution is 7.99. The van der Waals surface area contributed by atoms with Gasteiger partial charge in [-0.2, -0.15) is 0 Å². The second kappa shape index (κ2) is 10.7. The van der Waals surface area contributed by atoms with E-state index in [-0.39, 0.29) is 22.6 Å². The van der Waals surface area contributed by atoms with E-state index in [2.05, 4.69) is 5.32 Å². The van der Waals surface area contributed by atoms with Crippen molar-refractivity contribution in [3.63, 3.8) is 0 Å². The Morgan fingerprint density at radius 1 is 1.12 bits per heavy atom. The molecule has 0 radical (unpaired) electrons. The molecule has 34 heavy (non-hydrogen) atoms. The topological polar surface area (TPSA) is 120 Å². The normalized spacial score (nSPS) is 15.7. The lowest BCUT2D eigenvalue weighted by Crippen LogP contribution is -2.28. The number of carbonyl (C=O) groups is 1. The van der Waals surface area contributed by atoms with Gasteiger partial charge in [-0.3, -0.25) is 4.79 Å². The van der Waals surface area contributed by atoms with Crippen LogP contribution in [0.2, 0.25) is 0 Å². The summed E-state index contributed by atoms with van der Waals surface area (Å²) in [5.74, 6) is 1.38. The number of nitrogens with two attached hydrogens (primary N) is 1. The first-order valence-corrected chi connectivity index (χ1v) is 13.9. The van der Waals surface area contributed by atoms with Crippen LogP contribution in [-0.2, 0) is 14.8 Å². The fourth-order valence-corrected chi connectivity index (χ4v) is 5.35. The number of sulfonamides is 1. The zero-order valence-corrected chi connectivity index (χ0v) is 20.7. The molecule has 1 fully saturated rings. The summed E-state index contributed by atoms with van der Waals surface area (Å²) in [7, 11) is -3.74. The van der Waals surface area contributed by atoms with Gasteiger partial charge in [-0.25, -0.2) is 23.2 Å². The largest absolute Gasteiger partial charge is 0.349 e. The summed E-state index contributed by atoms with van der Waals surface area (Å²) in [6.07, 6.45) is 5.89. The van der Waals surface area contributed by atoms with Gasteiger partial charge in [-0.05, 0) is 49.6 Å². The number of nitrogens with zero attached hydrogens (tertiary/aromatic N) is 3. The lowest BCUT2D eigenvalue weighted by Gasteiger charge is -2.21. The van der Waals surface area contributed by atoms with Crippen LogP contribution in [0.15, 0.2) is 64.6 Å². The summed E-state index contributed by atoms with van der Waals surface area (Å²) in [6.45, 7) is 1.85. The summed E-state index contributed by atoms with van der Waals surface area (Å²) >= 11 is 1.31. The molecule has 0 bridgehead atoms. The summed E-state index contributed by atoms with van der Waals surface area (Å²) in [5, 5.41) is 13.4. The maximum atomic E-state index is 12.6. The predicted molar refractivity (Wildman–Crippen MR) is 132 cm³/mol. The van der Waals surface area contributed by atoms with Crippen molar-refractivity contribution in [2.24, 2.45) is 5.14 Å². The van der Waals surface area contributed by atoms with Gasteiger partial charge in [0, 0.05) is 5.92 Å². The van der Waals surface area contributed by atoms with Crippen molar-refractivity contribution in [3.05, 3.63) is 66.0 Å². The Hall–Kier alpha value is -2.69. The van der Waals surface area contributed by atoms with Gasteiger partial charge < -0.3 is 5.32 Å². The van der Waals surface area contributed by atoms with Crippen molar-refractivity contribution in [2.75, 3.05) is 5.75 Å². The second-order valence-corrected chi connectivity index (χ2v) is 11.0. The molecule has 0 aliphatic heterocycles. The third-order valence-electron chi connectivity index (χ3n) is 6.00. The number of para-hydroxylation sites is 1. The van der Waals surface area contributed by atoms with E-state index >= 15 is 0 Å². The fourth-order valence-electron chi connectivity index (χ4n) is 4.19. The first-order valence-electron chi connectivity index (χ1n) is 11.4. The monoisotopic (exact) mass is 499 g/mol. The van der Waals surface area contributed by atoms with Crippen molar-refractivity contribution in [1.82, 2.24) is 20.1 Å². The Balaban J connectivity index is 1.41. The summed E-state index contributed by atoms with van der Waals surface area (Å²) in [6, 6.07) is 15.9. The van der Waals surface area contributed by atoms with Crippen LogP contribution in [0.5, 0.6) is 0 Å². The zero-order chi connectivity index (χ0) is 24.1. The number of benzene rings is 2. The van der Waals surface area contributed by atoms with E-state index in [0.717, 1.165) is 29.9 Å². The molecule has 8 nitrogen and oxygen atoms in total. The van der Waals surface area contributed by atoms with Crippen molar-refractivity contribution in [1.29, 1.82) is 0 Å². The van der Waals surface area contributed by atoms with Crippen molar-refractivity contribution in [2.45, 2.75) is 61.0 Å². The number of aromatic nitrogens is 3. The molecule has 0 spiro atoms. The minimum Gasteiger partial charge on any atom is -0.349 e. The van der Waals surface area contributed by atoms with Gasteiger partial charge >= 0.3 is 0 Å². The molecule has 10 heteroatoms. The van der Waals surface area contributed by atoms with Crippen LogP contribution in [-0.4, -0.2) is 34.8 Å². The molecular formula is C24H29N5O3S2. The van der Waals surface area contributed by atoms with Crippen LogP contribution in [0, 0.1) is 0 Å². The molecule has 1 heterocycles. The number of carbonyl (C=O) groups excluding carboxylic acids is 1. The van der Waals surface area contributed by atoms with E-state index in [4.69, 9.17) is 15.2 Å². The molecule has 3 aromatic rings. The maximum absolute atomic E-state index is 12.6. The Labute approximate surface area is 204 Å². The average Bonchev–Trinajstić information content (AvgIpc) is 3.28. The molecule has 1 aromatic heterocycles. The van der Waals surface area contributed by atoms with Gasteiger partial charge in [0.2, 0.25) is 21.1 Å². The van der Waals surface area contributed by atoms with Gasteiger partial charge in [0.25, 0.3) is 0 Å². The molecular weight excluding hydrogens is 470 g/mol. The first-order chi connectivity index (χ1) is 16.3. The molecule has 1 unspecified atom stereocenters. The lowest BCUT2D eigenvalue weighted by atomic mass is 9.88. The van der Waals surface area contributed by atoms with Gasteiger partial charge in [-0.15, -0.1) is 5.10 Å². The van der Waals surface area contributed by atoms with Gasteiger partial charge in [0.05, 0.1) is 22.4 Å². The van der Waals surface area contributed by atoms with E-state index in [1.54, 1.807) is 12.1 Å². The number of primary sulfonamides is 1. The van der Waals surface area contributed by atoms with Gasteiger partial charge in [-0.1, -0.05) is 61.4 Å². The van der Waals surface area contributed by atoms with Gasteiger partial charge in [0.15, 0.2) is 0 Å². The molecule has 3 N–H and O–H groups in total. The van der Waals surface area contributed by atoms with Crippen LogP contribution < -0.4 is 10.5 Å². The van der Waals surface area contributed by atoms with Gasteiger partial charge in [0.1, 0.15) is 5.82 Å². The number of amides is 1. The summed E-state index contributed by atoms with van der Waals surface area (Å²) in [5.41, 5.74) is 1.76. The van der Waals surface area contributed by atoms with E-state index in [9.17, 15) is 13.2 Å². The first kappa shape index (κ1) is 24.4. The third kappa shape index (κ3) is 6.05. The maximum Gasteiger partial charge on any atom is 0.238 e.